The Morgan fingerprint density at radius 1 is 1.21 bits per heavy atom. The summed E-state index contributed by atoms with van der Waals surface area (Å²) in [4.78, 5) is 8.86. The second-order valence-electron chi connectivity index (χ2n) is 4.30. The van der Waals surface area contributed by atoms with Crippen LogP contribution in [0.25, 0.3) is 0 Å². The van der Waals surface area contributed by atoms with Crippen molar-refractivity contribution < 1.29 is 0 Å². The van der Waals surface area contributed by atoms with Crippen molar-refractivity contribution in [1.82, 2.24) is 9.97 Å². The van der Waals surface area contributed by atoms with Gasteiger partial charge in [-0.15, -0.1) is 0 Å². The van der Waals surface area contributed by atoms with Gasteiger partial charge in [0.1, 0.15) is 0 Å². The van der Waals surface area contributed by atoms with Crippen LogP contribution in [-0.4, -0.2) is 16.5 Å². The third-order valence-electron chi connectivity index (χ3n) is 2.68. The van der Waals surface area contributed by atoms with Crippen LogP contribution in [0.2, 0.25) is 5.02 Å². The lowest BCUT2D eigenvalue weighted by Crippen LogP contribution is -2.10. The van der Waals surface area contributed by atoms with Crippen molar-refractivity contribution in [2.45, 2.75) is 24.3 Å². The standard InChI is InChI=1S/C14H16ClN3S/c1-9-7-10(2)18-14(17-9)19-13(8-16)11-5-3-4-6-12(11)15/h3-7,13H,8,16H2,1-2H3. The topological polar surface area (TPSA) is 51.8 Å². The summed E-state index contributed by atoms with van der Waals surface area (Å²) in [6.07, 6.45) is 0. The summed E-state index contributed by atoms with van der Waals surface area (Å²) in [5, 5.41) is 1.54. The minimum Gasteiger partial charge on any atom is -0.329 e. The Hall–Kier alpha value is -1.10. The van der Waals surface area contributed by atoms with Gasteiger partial charge in [0.05, 0.1) is 5.25 Å². The molecule has 0 bridgehead atoms. The van der Waals surface area contributed by atoms with Gasteiger partial charge in [-0.25, -0.2) is 9.97 Å². The molecule has 2 aromatic rings. The number of halogens is 1. The van der Waals surface area contributed by atoms with Crippen molar-refractivity contribution in [3.8, 4) is 0 Å². The number of benzene rings is 1. The predicted molar refractivity (Wildman–Crippen MR) is 80.6 cm³/mol. The first-order chi connectivity index (χ1) is 9.10. The molecule has 0 aliphatic heterocycles. The van der Waals surface area contributed by atoms with E-state index in [2.05, 4.69) is 9.97 Å². The van der Waals surface area contributed by atoms with Crippen LogP contribution in [0.5, 0.6) is 0 Å². The SMILES string of the molecule is Cc1cc(C)nc(SC(CN)c2ccccc2Cl)n1. The van der Waals surface area contributed by atoms with Crippen molar-refractivity contribution in [3.63, 3.8) is 0 Å². The zero-order valence-corrected chi connectivity index (χ0v) is 12.5. The fourth-order valence-electron chi connectivity index (χ4n) is 1.85. The van der Waals surface area contributed by atoms with Crippen LogP contribution < -0.4 is 5.73 Å². The maximum atomic E-state index is 6.22. The molecule has 0 amide bonds. The lowest BCUT2D eigenvalue weighted by Gasteiger charge is -2.15. The second-order valence-corrected chi connectivity index (χ2v) is 5.87. The van der Waals surface area contributed by atoms with E-state index in [9.17, 15) is 0 Å². The zero-order valence-electron chi connectivity index (χ0n) is 10.9. The van der Waals surface area contributed by atoms with Crippen LogP contribution in [0.4, 0.5) is 0 Å². The van der Waals surface area contributed by atoms with Crippen molar-refractivity contribution >= 4 is 23.4 Å². The largest absolute Gasteiger partial charge is 0.329 e. The van der Waals surface area contributed by atoms with E-state index in [0.29, 0.717) is 6.54 Å². The van der Waals surface area contributed by atoms with Gasteiger partial charge < -0.3 is 5.73 Å². The second kappa shape index (κ2) is 6.37. The van der Waals surface area contributed by atoms with Crippen molar-refractivity contribution in [1.29, 1.82) is 0 Å². The van der Waals surface area contributed by atoms with E-state index in [0.717, 1.165) is 27.1 Å². The predicted octanol–water partition coefficient (Wildman–Crippen LogP) is 3.54. The van der Waals surface area contributed by atoms with Crippen LogP contribution in [0.15, 0.2) is 35.5 Å². The van der Waals surface area contributed by atoms with E-state index in [-0.39, 0.29) is 5.25 Å². The molecule has 19 heavy (non-hydrogen) atoms. The molecule has 0 aliphatic rings. The molecule has 0 saturated carbocycles. The smallest absolute Gasteiger partial charge is 0.188 e. The third kappa shape index (κ3) is 3.69. The van der Waals surface area contributed by atoms with Crippen molar-refractivity contribution in [2.24, 2.45) is 5.73 Å². The molecule has 1 aromatic carbocycles. The summed E-state index contributed by atoms with van der Waals surface area (Å²) in [5.74, 6) is 0. The fourth-order valence-corrected chi connectivity index (χ4v) is 3.26. The molecule has 5 heteroatoms. The van der Waals surface area contributed by atoms with Gasteiger partial charge in [0.2, 0.25) is 0 Å². The van der Waals surface area contributed by atoms with Crippen LogP contribution in [0, 0.1) is 13.8 Å². The molecule has 0 fully saturated rings. The summed E-state index contributed by atoms with van der Waals surface area (Å²) >= 11 is 7.77. The average molecular weight is 294 g/mol. The molecule has 1 heterocycles. The van der Waals surface area contributed by atoms with Crippen LogP contribution in [-0.2, 0) is 0 Å². The van der Waals surface area contributed by atoms with E-state index >= 15 is 0 Å². The van der Waals surface area contributed by atoms with Gasteiger partial charge in [-0.1, -0.05) is 41.6 Å². The maximum absolute atomic E-state index is 6.22. The molecule has 0 aliphatic carbocycles. The van der Waals surface area contributed by atoms with Gasteiger partial charge >= 0.3 is 0 Å². The highest BCUT2D eigenvalue weighted by Gasteiger charge is 2.16. The van der Waals surface area contributed by atoms with E-state index < -0.39 is 0 Å². The Kier molecular flexibility index (Phi) is 4.80. The maximum Gasteiger partial charge on any atom is 0.188 e. The highest BCUT2D eigenvalue weighted by Crippen LogP contribution is 2.36. The Labute approximate surface area is 122 Å². The molecule has 1 unspecified atom stereocenters. The first-order valence-corrected chi connectivity index (χ1v) is 7.29. The minimum absolute atomic E-state index is 0.0647. The average Bonchev–Trinajstić information content (AvgIpc) is 2.36. The van der Waals surface area contributed by atoms with Gasteiger partial charge in [0, 0.05) is 23.0 Å². The number of nitrogens with two attached hydrogens (primary N) is 1. The molecule has 1 atom stereocenters. The van der Waals surface area contributed by atoms with Gasteiger partial charge in [0.15, 0.2) is 5.16 Å². The van der Waals surface area contributed by atoms with Gasteiger partial charge in [0.25, 0.3) is 0 Å². The van der Waals surface area contributed by atoms with Crippen molar-refractivity contribution in [2.75, 3.05) is 6.54 Å². The summed E-state index contributed by atoms with van der Waals surface area (Å²) < 4.78 is 0. The number of aryl methyl sites for hydroxylation is 2. The lowest BCUT2D eigenvalue weighted by molar-refractivity contribution is 0.878. The number of hydrogen-bond donors (Lipinski definition) is 1. The molecule has 2 N–H and O–H groups in total. The van der Waals surface area contributed by atoms with E-state index in [1.165, 1.54) is 0 Å². The Balaban J connectivity index is 2.26. The number of thioether (sulfide) groups is 1. The molecule has 2 rings (SSSR count). The number of aromatic nitrogens is 2. The summed E-state index contributed by atoms with van der Waals surface area (Å²) in [5.41, 5.74) is 8.82. The Morgan fingerprint density at radius 3 is 2.42 bits per heavy atom. The fraction of sp³-hybridized carbons (Fsp3) is 0.286. The molecule has 3 nitrogen and oxygen atoms in total. The summed E-state index contributed by atoms with van der Waals surface area (Å²) in [7, 11) is 0. The Morgan fingerprint density at radius 2 is 1.84 bits per heavy atom. The first kappa shape index (κ1) is 14.3. The monoisotopic (exact) mass is 293 g/mol. The van der Waals surface area contributed by atoms with Crippen LogP contribution in [0.1, 0.15) is 22.2 Å². The van der Waals surface area contributed by atoms with E-state index in [1.54, 1.807) is 11.8 Å². The number of hydrogen-bond acceptors (Lipinski definition) is 4. The molecule has 0 saturated heterocycles. The molecule has 100 valence electrons. The van der Waals surface area contributed by atoms with Gasteiger partial charge in [-0.2, -0.15) is 0 Å². The van der Waals surface area contributed by atoms with Crippen molar-refractivity contribution in [3.05, 3.63) is 52.3 Å². The number of rotatable bonds is 4. The molecular formula is C14H16ClN3S. The minimum atomic E-state index is 0.0647. The Bertz CT molecular complexity index is 554. The van der Waals surface area contributed by atoms with E-state index in [1.807, 2.05) is 44.2 Å². The zero-order chi connectivity index (χ0) is 13.8. The highest BCUT2D eigenvalue weighted by molar-refractivity contribution is 7.99. The highest BCUT2D eigenvalue weighted by atomic mass is 35.5. The van der Waals surface area contributed by atoms with Crippen LogP contribution >= 0.6 is 23.4 Å². The normalized spacial score (nSPS) is 12.4. The van der Waals surface area contributed by atoms with Gasteiger partial charge in [-0.05, 0) is 31.5 Å². The third-order valence-corrected chi connectivity index (χ3v) is 4.14. The lowest BCUT2D eigenvalue weighted by atomic mass is 10.1. The quantitative estimate of drug-likeness (QED) is 0.692. The molecule has 0 spiro atoms. The first-order valence-electron chi connectivity index (χ1n) is 6.03. The van der Waals surface area contributed by atoms with E-state index in [4.69, 9.17) is 17.3 Å². The van der Waals surface area contributed by atoms with Gasteiger partial charge in [-0.3, -0.25) is 0 Å². The summed E-state index contributed by atoms with van der Waals surface area (Å²) in [6, 6.07) is 9.71. The summed E-state index contributed by atoms with van der Waals surface area (Å²) in [6.45, 7) is 4.42. The molecular weight excluding hydrogens is 278 g/mol. The number of nitrogens with zero attached hydrogens (tertiary/aromatic N) is 2. The molecule has 1 aromatic heterocycles. The molecule has 0 radical (unpaired) electrons. The van der Waals surface area contributed by atoms with Crippen LogP contribution in [0.3, 0.4) is 0 Å².